The molecular formula is C31H33N5O3. The Hall–Kier alpha value is -4.22. The van der Waals surface area contributed by atoms with Crippen molar-refractivity contribution in [3.8, 4) is 6.07 Å². The largest absolute Gasteiger partial charge is 0.393 e. The third kappa shape index (κ3) is 6.10. The second-order valence-electron chi connectivity index (χ2n) is 10.4. The molecule has 0 bridgehead atoms. The summed E-state index contributed by atoms with van der Waals surface area (Å²) < 4.78 is 0. The highest BCUT2D eigenvalue weighted by molar-refractivity contribution is 6.05. The fourth-order valence-electron chi connectivity index (χ4n) is 5.31. The molecule has 2 fully saturated rings. The van der Waals surface area contributed by atoms with E-state index >= 15 is 0 Å². The van der Waals surface area contributed by atoms with Crippen LogP contribution in [0.15, 0.2) is 60.8 Å². The number of hydrogen-bond donors (Lipinski definition) is 2. The van der Waals surface area contributed by atoms with Gasteiger partial charge in [0.1, 0.15) is 5.82 Å². The third-order valence-corrected chi connectivity index (χ3v) is 7.82. The number of aryl methyl sites for hydroxylation is 1. The van der Waals surface area contributed by atoms with E-state index < -0.39 is 0 Å². The van der Waals surface area contributed by atoms with E-state index in [4.69, 9.17) is 5.26 Å². The van der Waals surface area contributed by atoms with Gasteiger partial charge in [0.15, 0.2) is 0 Å². The first kappa shape index (κ1) is 26.4. The number of benzene rings is 2. The monoisotopic (exact) mass is 523 g/mol. The van der Waals surface area contributed by atoms with Crippen LogP contribution in [0.2, 0.25) is 0 Å². The Kier molecular flexibility index (Phi) is 7.89. The van der Waals surface area contributed by atoms with Gasteiger partial charge in [-0.3, -0.25) is 9.59 Å². The molecule has 0 radical (unpaired) electrons. The zero-order valence-electron chi connectivity index (χ0n) is 22.1. The summed E-state index contributed by atoms with van der Waals surface area (Å²) in [5.41, 5.74) is 4.33. The highest BCUT2D eigenvalue weighted by atomic mass is 16.3. The molecule has 0 spiro atoms. The average Bonchev–Trinajstić information content (AvgIpc) is 2.98. The number of aliphatic hydroxyl groups excluding tert-OH is 1. The van der Waals surface area contributed by atoms with E-state index in [-0.39, 0.29) is 17.9 Å². The van der Waals surface area contributed by atoms with Gasteiger partial charge in [0, 0.05) is 43.6 Å². The Labute approximate surface area is 228 Å². The molecule has 2 aromatic carbocycles. The first-order chi connectivity index (χ1) is 18.9. The van der Waals surface area contributed by atoms with Gasteiger partial charge in [-0.15, -0.1) is 0 Å². The van der Waals surface area contributed by atoms with Gasteiger partial charge in [-0.05, 0) is 86.1 Å². The van der Waals surface area contributed by atoms with E-state index in [0.717, 1.165) is 37.3 Å². The third-order valence-electron chi connectivity index (χ3n) is 7.82. The highest BCUT2D eigenvalue weighted by Crippen LogP contribution is 2.29. The normalized spacial score (nSPS) is 16.5. The van der Waals surface area contributed by atoms with Gasteiger partial charge >= 0.3 is 0 Å². The molecule has 0 saturated carbocycles. The van der Waals surface area contributed by atoms with E-state index in [0.29, 0.717) is 54.2 Å². The highest BCUT2D eigenvalue weighted by Gasteiger charge is 2.25. The maximum atomic E-state index is 13.3. The van der Waals surface area contributed by atoms with Crippen molar-refractivity contribution >= 4 is 23.3 Å². The van der Waals surface area contributed by atoms with Crippen LogP contribution in [0, 0.1) is 18.3 Å². The topological polar surface area (TPSA) is 110 Å². The molecule has 200 valence electrons. The number of nitriles is 1. The summed E-state index contributed by atoms with van der Waals surface area (Å²) in [6.45, 7) is 4.71. The summed E-state index contributed by atoms with van der Waals surface area (Å²) in [7, 11) is 0. The average molecular weight is 524 g/mol. The number of pyridine rings is 1. The maximum absolute atomic E-state index is 13.3. The lowest BCUT2D eigenvalue weighted by Crippen LogP contribution is -2.38. The molecule has 2 amide bonds. The summed E-state index contributed by atoms with van der Waals surface area (Å²) >= 11 is 0. The Balaban J connectivity index is 1.20. The smallest absolute Gasteiger partial charge is 0.257 e. The van der Waals surface area contributed by atoms with Gasteiger partial charge in [0.05, 0.1) is 23.3 Å². The fraction of sp³-hybridized carbons (Fsp3) is 0.355. The van der Waals surface area contributed by atoms with E-state index in [1.54, 1.807) is 18.3 Å². The van der Waals surface area contributed by atoms with Crippen molar-refractivity contribution in [1.29, 1.82) is 5.26 Å². The van der Waals surface area contributed by atoms with E-state index in [1.807, 2.05) is 54.3 Å². The lowest BCUT2D eigenvalue weighted by Gasteiger charge is -2.32. The molecule has 0 aliphatic carbocycles. The molecule has 5 rings (SSSR count). The molecule has 3 heterocycles. The van der Waals surface area contributed by atoms with Crippen molar-refractivity contribution < 1.29 is 14.7 Å². The van der Waals surface area contributed by atoms with Gasteiger partial charge in [0.2, 0.25) is 0 Å². The summed E-state index contributed by atoms with van der Waals surface area (Å²) in [5.74, 6) is 0.849. The second-order valence-corrected chi connectivity index (χ2v) is 10.4. The number of carbonyl (C=O) groups excluding carboxylic acids is 2. The van der Waals surface area contributed by atoms with Gasteiger partial charge in [-0.2, -0.15) is 5.26 Å². The van der Waals surface area contributed by atoms with Crippen LogP contribution in [-0.4, -0.2) is 59.1 Å². The number of amides is 2. The van der Waals surface area contributed by atoms with Gasteiger partial charge in [-0.1, -0.05) is 18.2 Å². The number of aromatic nitrogens is 1. The predicted molar refractivity (Wildman–Crippen MR) is 150 cm³/mol. The maximum Gasteiger partial charge on any atom is 0.257 e. The lowest BCUT2D eigenvalue weighted by atomic mass is 9.89. The van der Waals surface area contributed by atoms with E-state index in [1.165, 1.54) is 5.56 Å². The molecular weight excluding hydrogens is 490 g/mol. The molecule has 1 aromatic heterocycles. The van der Waals surface area contributed by atoms with Crippen LogP contribution < -0.4 is 10.2 Å². The number of piperidine rings is 2. The van der Waals surface area contributed by atoms with Gasteiger partial charge in [0.25, 0.3) is 11.8 Å². The number of anilines is 2. The standard InChI is InChI=1S/C31H33N5O3/c1-21-2-5-25(31(39)36-14-10-24(11-15-36)23-6-3-22(19-32)4-7-23)18-28(21)34-30(38)26-8-9-29(33-20-26)35-16-12-27(37)13-17-35/h2-9,18,20,24,27,37H,10-17H2,1H3,(H,34,38). The fourth-order valence-corrected chi connectivity index (χ4v) is 5.31. The summed E-state index contributed by atoms with van der Waals surface area (Å²) in [6, 6.07) is 18.9. The Morgan fingerprint density at radius 2 is 1.64 bits per heavy atom. The molecule has 8 nitrogen and oxygen atoms in total. The first-order valence-corrected chi connectivity index (χ1v) is 13.5. The molecule has 2 saturated heterocycles. The molecule has 39 heavy (non-hydrogen) atoms. The van der Waals surface area contributed by atoms with Crippen molar-refractivity contribution in [2.75, 3.05) is 36.4 Å². The quantitative estimate of drug-likeness (QED) is 0.510. The van der Waals surface area contributed by atoms with Crippen molar-refractivity contribution in [2.24, 2.45) is 0 Å². The zero-order valence-corrected chi connectivity index (χ0v) is 22.1. The van der Waals surface area contributed by atoms with Crippen molar-refractivity contribution in [3.63, 3.8) is 0 Å². The molecule has 2 aliphatic rings. The molecule has 2 aliphatic heterocycles. The minimum atomic E-state index is -0.279. The Morgan fingerprint density at radius 1 is 0.949 bits per heavy atom. The van der Waals surface area contributed by atoms with Crippen molar-refractivity contribution in [3.05, 3.63) is 88.6 Å². The van der Waals surface area contributed by atoms with Crippen LogP contribution in [-0.2, 0) is 0 Å². The number of nitrogens with zero attached hydrogens (tertiary/aromatic N) is 4. The Bertz CT molecular complexity index is 1360. The number of aliphatic hydroxyl groups is 1. The van der Waals surface area contributed by atoms with E-state index in [9.17, 15) is 14.7 Å². The molecule has 3 aromatic rings. The van der Waals surface area contributed by atoms with Crippen molar-refractivity contribution in [2.45, 2.75) is 44.6 Å². The molecule has 2 N–H and O–H groups in total. The van der Waals surface area contributed by atoms with Crippen LogP contribution in [0.5, 0.6) is 0 Å². The first-order valence-electron chi connectivity index (χ1n) is 13.5. The summed E-state index contributed by atoms with van der Waals surface area (Å²) in [4.78, 5) is 34.7. The zero-order chi connectivity index (χ0) is 27.4. The van der Waals surface area contributed by atoms with Gasteiger partial charge < -0.3 is 20.2 Å². The number of rotatable bonds is 5. The minimum Gasteiger partial charge on any atom is -0.393 e. The predicted octanol–water partition coefficient (Wildman–Crippen LogP) is 4.49. The number of likely N-dealkylation sites (tertiary alicyclic amines) is 1. The van der Waals surface area contributed by atoms with Crippen molar-refractivity contribution in [1.82, 2.24) is 9.88 Å². The second kappa shape index (κ2) is 11.7. The molecule has 0 atom stereocenters. The van der Waals surface area contributed by atoms with Gasteiger partial charge in [-0.25, -0.2) is 4.98 Å². The number of carbonyl (C=O) groups is 2. The van der Waals surface area contributed by atoms with E-state index in [2.05, 4.69) is 21.3 Å². The minimum absolute atomic E-state index is 0.0403. The Morgan fingerprint density at radius 3 is 2.28 bits per heavy atom. The van der Waals surface area contributed by atoms with Crippen LogP contribution in [0.4, 0.5) is 11.5 Å². The van der Waals surface area contributed by atoms with Crippen LogP contribution in [0.1, 0.15) is 69.0 Å². The lowest BCUT2D eigenvalue weighted by molar-refractivity contribution is 0.0712. The molecule has 8 heteroatoms. The van der Waals surface area contributed by atoms with Crippen LogP contribution in [0.3, 0.4) is 0 Å². The number of nitrogens with one attached hydrogen (secondary N) is 1. The summed E-state index contributed by atoms with van der Waals surface area (Å²) in [5, 5.41) is 21.7. The summed E-state index contributed by atoms with van der Waals surface area (Å²) in [6.07, 6.45) is 4.49. The molecule has 0 unspecified atom stereocenters. The SMILES string of the molecule is Cc1ccc(C(=O)N2CCC(c3ccc(C#N)cc3)CC2)cc1NC(=O)c1ccc(N2CCC(O)CC2)nc1. The van der Waals surface area contributed by atoms with Crippen LogP contribution >= 0.6 is 0 Å². The number of hydrogen-bond acceptors (Lipinski definition) is 6. The van der Waals surface area contributed by atoms with Crippen LogP contribution in [0.25, 0.3) is 0 Å².